The number of aromatic nitrogens is 4. The molecule has 4 heterocycles. The third-order valence-electron chi connectivity index (χ3n) is 7.26. The molecule has 0 amide bonds. The molecule has 2 N–H and O–H groups in total. The fourth-order valence-corrected chi connectivity index (χ4v) is 5.23. The van der Waals surface area contributed by atoms with E-state index in [2.05, 4.69) is 102 Å². The number of nitrogens with one attached hydrogen (secondary N) is 2. The number of hydrogen-bond acceptors (Lipinski definition) is 2. The van der Waals surface area contributed by atoms with Gasteiger partial charge in [0.25, 0.3) is 0 Å². The van der Waals surface area contributed by atoms with Crippen LogP contribution < -0.4 is 0 Å². The van der Waals surface area contributed by atoms with Gasteiger partial charge >= 0.3 is 0 Å². The van der Waals surface area contributed by atoms with Crippen LogP contribution in [-0.2, 0) is 0 Å². The Labute approximate surface area is 226 Å². The van der Waals surface area contributed by atoms with Crippen LogP contribution in [0, 0.1) is 6.92 Å². The molecule has 0 radical (unpaired) electrons. The van der Waals surface area contributed by atoms with Gasteiger partial charge in [-0.2, -0.15) is 0 Å². The number of H-pyrrole nitrogens is 2. The van der Waals surface area contributed by atoms with Gasteiger partial charge in [-0.3, -0.25) is 0 Å². The zero-order valence-electron chi connectivity index (χ0n) is 21.5. The summed E-state index contributed by atoms with van der Waals surface area (Å²) in [6.07, 6.45) is 4.08. The van der Waals surface area contributed by atoms with Crippen LogP contribution in [0.4, 0.5) is 0 Å². The first kappa shape index (κ1) is 22.9. The van der Waals surface area contributed by atoms with Crippen molar-refractivity contribution in [3.63, 3.8) is 0 Å². The Morgan fingerprint density at radius 1 is 0.487 bits per heavy atom. The molecule has 0 bridgehead atoms. The summed E-state index contributed by atoms with van der Waals surface area (Å²) in [5.41, 5.74) is 10.0. The maximum Gasteiger partial charge on any atom is 0.0731 e. The first-order valence-electron chi connectivity index (χ1n) is 13.1. The molecule has 0 unspecified atom stereocenters. The number of pyridine rings is 2. The van der Waals surface area contributed by atoms with E-state index in [0.717, 1.165) is 39.1 Å². The number of para-hydroxylation sites is 4. The van der Waals surface area contributed by atoms with E-state index in [0.29, 0.717) is 0 Å². The van der Waals surface area contributed by atoms with Crippen molar-refractivity contribution in [2.75, 3.05) is 0 Å². The lowest BCUT2D eigenvalue weighted by Crippen LogP contribution is -1.84. The molecule has 0 aliphatic carbocycles. The molecule has 8 rings (SSSR count). The number of aromatic amines is 2. The SMILES string of the molecule is Cc1cccc2c(-c3ccc4ccccc4n3)c[nH]c12.c1ccc2nc(-c3c[nH]c4ccccc34)ccc2c1. The van der Waals surface area contributed by atoms with Crippen LogP contribution in [0.5, 0.6) is 0 Å². The lowest BCUT2D eigenvalue weighted by Gasteiger charge is -2.02. The molecule has 4 aromatic heterocycles. The van der Waals surface area contributed by atoms with Gasteiger partial charge < -0.3 is 9.97 Å². The average Bonchev–Trinajstić information content (AvgIpc) is 3.63. The number of aryl methyl sites for hydroxylation is 1. The third-order valence-corrected chi connectivity index (χ3v) is 7.26. The maximum atomic E-state index is 4.78. The zero-order valence-corrected chi connectivity index (χ0v) is 21.5. The minimum Gasteiger partial charge on any atom is -0.360 e. The van der Waals surface area contributed by atoms with Crippen LogP contribution >= 0.6 is 0 Å². The van der Waals surface area contributed by atoms with E-state index in [1.165, 1.54) is 32.6 Å². The first-order chi connectivity index (χ1) is 19.2. The summed E-state index contributed by atoms with van der Waals surface area (Å²) in [5.74, 6) is 0. The summed E-state index contributed by atoms with van der Waals surface area (Å²) in [5, 5.41) is 4.79. The van der Waals surface area contributed by atoms with Crippen LogP contribution in [-0.4, -0.2) is 19.9 Å². The van der Waals surface area contributed by atoms with Crippen LogP contribution in [0.25, 0.3) is 66.1 Å². The van der Waals surface area contributed by atoms with Crippen LogP contribution in [0.15, 0.2) is 128 Å². The molecule has 0 aliphatic rings. The summed E-state index contributed by atoms with van der Waals surface area (Å²) in [7, 11) is 0. The maximum absolute atomic E-state index is 4.78. The van der Waals surface area contributed by atoms with Crippen molar-refractivity contribution in [1.29, 1.82) is 0 Å². The summed E-state index contributed by atoms with van der Waals surface area (Å²) in [6, 6.07) is 39.5. The topological polar surface area (TPSA) is 57.4 Å². The highest BCUT2D eigenvalue weighted by Gasteiger charge is 2.09. The standard InChI is InChI=1S/C18H14N2.C17H12N2/c1-12-5-4-7-14-15(11-19-18(12)14)17-10-9-13-6-2-3-8-16(13)20-17;1-3-7-15-12(5-1)9-10-17(19-15)14-11-18-16-8-4-2-6-13(14)16/h2-11,19H,1H3;1-11,18H. The fourth-order valence-electron chi connectivity index (χ4n) is 5.23. The molecule has 0 aliphatic heterocycles. The number of rotatable bonds is 2. The van der Waals surface area contributed by atoms with E-state index in [1.807, 2.05) is 42.6 Å². The Morgan fingerprint density at radius 2 is 1.05 bits per heavy atom. The van der Waals surface area contributed by atoms with Gasteiger partial charge in [0.2, 0.25) is 0 Å². The Bertz CT molecular complexity index is 2100. The van der Waals surface area contributed by atoms with Crippen molar-refractivity contribution in [3.8, 4) is 22.5 Å². The normalized spacial score (nSPS) is 11.2. The Kier molecular flexibility index (Phi) is 5.64. The van der Waals surface area contributed by atoms with E-state index < -0.39 is 0 Å². The zero-order chi connectivity index (χ0) is 26.2. The van der Waals surface area contributed by atoms with Gasteiger partial charge in [-0.25, -0.2) is 9.97 Å². The number of fused-ring (bicyclic) bond motifs is 4. The Hall–Kier alpha value is -5.22. The minimum atomic E-state index is 1.01. The van der Waals surface area contributed by atoms with Crippen molar-refractivity contribution in [1.82, 2.24) is 19.9 Å². The van der Waals surface area contributed by atoms with E-state index in [-0.39, 0.29) is 0 Å². The highest BCUT2D eigenvalue weighted by molar-refractivity contribution is 5.97. The fraction of sp³-hybridized carbons (Fsp3) is 0.0286. The molecule has 4 nitrogen and oxygen atoms in total. The van der Waals surface area contributed by atoms with E-state index in [4.69, 9.17) is 9.97 Å². The highest BCUT2D eigenvalue weighted by atomic mass is 14.7. The molecule has 186 valence electrons. The summed E-state index contributed by atoms with van der Waals surface area (Å²) in [6.45, 7) is 2.12. The van der Waals surface area contributed by atoms with Crippen LogP contribution in [0.3, 0.4) is 0 Å². The molecule has 8 aromatic rings. The Morgan fingerprint density at radius 3 is 1.77 bits per heavy atom. The molecule has 0 saturated carbocycles. The molecule has 39 heavy (non-hydrogen) atoms. The second-order valence-corrected chi connectivity index (χ2v) is 9.73. The van der Waals surface area contributed by atoms with Gasteiger partial charge in [-0.1, -0.05) is 84.9 Å². The number of nitrogens with zero attached hydrogens (tertiary/aromatic N) is 2. The van der Waals surface area contributed by atoms with E-state index >= 15 is 0 Å². The van der Waals surface area contributed by atoms with E-state index in [1.54, 1.807) is 0 Å². The summed E-state index contributed by atoms with van der Waals surface area (Å²) in [4.78, 5) is 16.2. The number of hydrogen-bond donors (Lipinski definition) is 2. The molecule has 4 aromatic carbocycles. The van der Waals surface area contributed by atoms with Gasteiger partial charge in [0, 0.05) is 56.1 Å². The third kappa shape index (κ3) is 4.22. The molecular formula is C35H26N4. The number of benzene rings is 4. The van der Waals surface area contributed by atoms with Gasteiger partial charge in [-0.15, -0.1) is 0 Å². The summed E-state index contributed by atoms with van der Waals surface area (Å²) < 4.78 is 0. The van der Waals surface area contributed by atoms with Crippen LogP contribution in [0.2, 0.25) is 0 Å². The smallest absolute Gasteiger partial charge is 0.0731 e. The average molecular weight is 503 g/mol. The molecule has 0 spiro atoms. The monoisotopic (exact) mass is 502 g/mol. The van der Waals surface area contributed by atoms with Gasteiger partial charge in [0.15, 0.2) is 0 Å². The quantitative estimate of drug-likeness (QED) is 0.248. The Balaban J connectivity index is 0.000000130. The van der Waals surface area contributed by atoms with Crippen LogP contribution in [0.1, 0.15) is 5.56 Å². The van der Waals surface area contributed by atoms with Crippen molar-refractivity contribution in [3.05, 3.63) is 133 Å². The largest absolute Gasteiger partial charge is 0.360 e. The van der Waals surface area contributed by atoms with Crippen molar-refractivity contribution < 1.29 is 0 Å². The lowest BCUT2D eigenvalue weighted by atomic mass is 10.1. The molecular weight excluding hydrogens is 476 g/mol. The minimum absolute atomic E-state index is 1.01. The van der Waals surface area contributed by atoms with Gasteiger partial charge in [0.1, 0.15) is 0 Å². The molecule has 0 saturated heterocycles. The second-order valence-electron chi connectivity index (χ2n) is 9.73. The van der Waals surface area contributed by atoms with E-state index in [9.17, 15) is 0 Å². The van der Waals surface area contributed by atoms with Crippen molar-refractivity contribution >= 4 is 43.6 Å². The molecule has 4 heteroatoms. The van der Waals surface area contributed by atoms with Crippen molar-refractivity contribution in [2.24, 2.45) is 0 Å². The summed E-state index contributed by atoms with van der Waals surface area (Å²) >= 11 is 0. The lowest BCUT2D eigenvalue weighted by molar-refractivity contribution is 1.39. The first-order valence-corrected chi connectivity index (χ1v) is 13.1. The van der Waals surface area contributed by atoms with Gasteiger partial charge in [-0.05, 0) is 42.8 Å². The van der Waals surface area contributed by atoms with Crippen molar-refractivity contribution in [2.45, 2.75) is 6.92 Å². The molecule has 0 atom stereocenters. The second kappa shape index (κ2) is 9.58. The van der Waals surface area contributed by atoms with Gasteiger partial charge in [0.05, 0.1) is 22.4 Å². The predicted molar refractivity (Wildman–Crippen MR) is 163 cm³/mol. The highest BCUT2D eigenvalue weighted by Crippen LogP contribution is 2.30. The predicted octanol–water partition coefficient (Wildman–Crippen LogP) is 9.07. The molecule has 0 fully saturated rings.